The molecule has 1 aliphatic rings. The van der Waals surface area contributed by atoms with Gasteiger partial charge in [0.2, 0.25) is 21.8 Å². The predicted molar refractivity (Wildman–Crippen MR) is 140 cm³/mol. The van der Waals surface area contributed by atoms with Gasteiger partial charge in [-0.15, -0.1) is 0 Å². The summed E-state index contributed by atoms with van der Waals surface area (Å²) < 4.78 is 39.8. The van der Waals surface area contributed by atoms with Gasteiger partial charge in [0.25, 0.3) is 0 Å². The molecular formula is C27H34FN3O5S. The largest absolute Gasteiger partial charge is 0.352 e. The molecule has 1 fully saturated rings. The van der Waals surface area contributed by atoms with E-state index in [2.05, 4.69) is 5.32 Å². The van der Waals surface area contributed by atoms with Crippen LogP contribution in [0.5, 0.6) is 0 Å². The SMILES string of the molecule is CC(=O)c1cccc(N(CC(=O)N(Cc2ccc(F)cc2)[C@@H](C)C(=O)NC2CCCCC2)S(C)(=O)=O)c1. The number of benzene rings is 2. The lowest BCUT2D eigenvalue weighted by Gasteiger charge is -2.33. The molecule has 0 spiro atoms. The Labute approximate surface area is 217 Å². The number of ketones is 1. The molecule has 0 aromatic heterocycles. The van der Waals surface area contributed by atoms with Crippen LogP contribution in [0.25, 0.3) is 0 Å². The van der Waals surface area contributed by atoms with Crippen LogP contribution in [0.2, 0.25) is 0 Å². The molecule has 0 saturated heterocycles. The smallest absolute Gasteiger partial charge is 0.244 e. The monoisotopic (exact) mass is 531 g/mol. The zero-order chi connectivity index (χ0) is 27.2. The summed E-state index contributed by atoms with van der Waals surface area (Å²) >= 11 is 0. The third-order valence-electron chi connectivity index (χ3n) is 6.60. The molecule has 10 heteroatoms. The van der Waals surface area contributed by atoms with Crippen LogP contribution in [-0.4, -0.2) is 55.8 Å². The molecule has 8 nitrogen and oxygen atoms in total. The molecule has 1 aliphatic carbocycles. The standard InChI is InChI=1S/C27H34FN3O5S/c1-19(27(34)29-24-9-5-4-6-10-24)30(17-21-12-14-23(28)15-13-21)26(33)18-31(37(3,35)36)25-11-7-8-22(16-25)20(2)32/h7-8,11-16,19,24H,4-6,9-10,17-18H2,1-3H3,(H,29,34)/t19-/m0/s1. The van der Waals surface area contributed by atoms with Gasteiger partial charge >= 0.3 is 0 Å². The Hall–Kier alpha value is -3.27. The van der Waals surface area contributed by atoms with E-state index in [9.17, 15) is 27.2 Å². The normalized spacial score (nSPS) is 15.0. The van der Waals surface area contributed by atoms with E-state index in [4.69, 9.17) is 0 Å². The number of hydrogen-bond donors (Lipinski definition) is 1. The number of Topliss-reactive ketones (excluding diaryl/α,β-unsaturated/α-hetero) is 1. The molecule has 1 saturated carbocycles. The number of carbonyl (C=O) groups is 3. The van der Waals surface area contributed by atoms with Crippen LogP contribution in [0, 0.1) is 5.82 Å². The van der Waals surface area contributed by atoms with Gasteiger partial charge in [-0.1, -0.05) is 43.5 Å². The van der Waals surface area contributed by atoms with Gasteiger partial charge in [0.05, 0.1) is 11.9 Å². The van der Waals surface area contributed by atoms with Crippen LogP contribution in [0.15, 0.2) is 48.5 Å². The second kappa shape index (κ2) is 12.3. The average Bonchev–Trinajstić information content (AvgIpc) is 2.86. The van der Waals surface area contributed by atoms with Gasteiger partial charge in [-0.05, 0) is 56.5 Å². The van der Waals surface area contributed by atoms with Crippen LogP contribution in [0.3, 0.4) is 0 Å². The third-order valence-corrected chi connectivity index (χ3v) is 7.75. The first-order valence-electron chi connectivity index (χ1n) is 12.4. The summed E-state index contributed by atoms with van der Waals surface area (Å²) in [7, 11) is -3.91. The molecule has 37 heavy (non-hydrogen) atoms. The summed E-state index contributed by atoms with van der Waals surface area (Å²) in [6.45, 7) is 2.39. The van der Waals surface area contributed by atoms with E-state index < -0.39 is 34.3 Å². The van der Waals surface area contributed by atoms with Crippen molar-refractivity contribution < 1.29 is 27.2 Å². The average molecular weight is 532 g/mol. The number of halogens is 1. The maximum atomic E-state index is 13.6. The number of amides is 2. The number of rotatable bonds is 10. The van der Waals surface area contributed by atoms with Crippen molar-refractivity contribution in [3.05, 3.63) is 65.5 Å². The van der Waals surface area contributed by atoms with Crippen LogP contribution in [0.1, 0.15) is 61.9 Å². The van der Waals surface area contributed by atoms with Crippen molar-refractivity contribution in [3.63, 3.8) is 0 Å². The summed E-state index contributed by atoms with van der Waals surface area (Å²) in [5.41, 5.74) is 1.07. The third kappa shape index (κ3) is 7.85. The number of anilines is 1. The molecule has 2 amide bonds. The number of carbonyl (C=O) groups excluding carboxylic acids is 3. The molecule has 0 unspecified atom stereocenters. The van der Waals surface area contributed by atoms with Crippen LogP contribution >= 0.6 is 0 Å². The predicted octanol–water partition coefficient (Wildman–Crippen LogP) is 3.66. The Morgan fingerprint density at radius 1 is 1.05 bits per heavy atom. The number of nitrogens with one attached hydrogen (secondary N) is 1. The number of hydrogen-bond acceptors (Lipinski definition) is 5. The van der Waals surface area contributed by atoms with Crippen molar-refractivity contribution in [2.75, 3.05) is 17.1 Å². The fourth-order valence-corrected chi connectivity index (χ4v) is 5.27. The molecule has 0 bridgehead atoms. The van der Waals surface area contributed by atoms with Crippen molar-refractivity contribution in [2.24, 2.45) is 0 Å². The molecule has 3 rings (SSSR count). The summed E-state index contributed by atoms with van der Waals surface area (Å²) in [6.07, 6.45) is 5.91. The lowest BCUT2D eigenvalue weighted by atomic mass is 9.95. The van der Waals surface area contributed by atoms with E-state index in [1.165, 1.54) is 48.2 Å². The highest BCUT2D eigenvalue weighted by molar-refractivity contribution is 7.92. The maximum absolute atomic E-state index is 13.6. The summed E-state index contributed by atoms with van der Waals surface area (Å²) in [6, 6.07) is 10.7. The highest BCUT2D eigenvalue weighted by atomic mass is 32.2. The van der Waals surface area contributed by atoms with Crippen LogP contribution < -0.4 is 9.62 Å². The minimum atomic E-state index is -3.91. The Morgan fingerprint density at radius 2 is 1.70 bits per heavy atom. The van der Waals surface area contributed by atoms with Crippen molar-refractivity contribution in [3.8, 4) is 0 Å². The highest BCUT2D eigenvalue weighted by Crippen LogP contribution is 2.22. The van der Waals surface area contributed by atoms with Gasteiger partial charge in [0.15, 0.2) is 5.78 Å². The summed E-state index contributed by atoms with van der Waals surface area (Å²) in [5, 5.41) is 3.02. The highest BCUT2D eigenvalue weighted by Gasteiger charge is 2.31. The van der Waals surface area contributed by atoms with Gasteiger partial charge in [0, 0.05) is 18.2 Å². The van der Waals surface area contributed by atoms with Crippen molar-refractivity contribution in [2.45, 2.75) is 64.6 Å². The second-order valence-electron chi connectivity index (χ2n) is 9.54. The minimum absolute atomic E-state index is 0.0105. The topological polar surface area (TPSA) is 104 Å². The van der Waals surface area contributed by atoms with E-state index >= 15 is 0 Å². The Balaban J connectivity index is 1.89. The van der Waals surface area contributed by atoms with Crippen molar-refractivity contribution in [1.29, 1.82) is 0 Å². The van der Waals surface area contributed by atoms with Crippen LogP contribution in [-0.2, 0) is 26.2 Å². The molecular weight excluding hydrogens is 497 g/mol. The van der Waals surface area contributed by atoms with E-state index in [1.807, 2.05) is 0 Å². The summed E-state index contributed by atoms with van der Waals surface area (Å²) in [5.74, 6) is -1.60. The lowest BCUT2D eigenvalue weighted by molar-refractivity contribution is -0.139. The van der Waals surface area contributed by atoms with Gasteiger partial charge in [-0.3, -0.25) is 18.7 Å². The molecule has 0 heterocycles. The fourth-order valence-electron chi connectivity index (χ4n) is 4.43. The molecule has 200 valence electrons. The summed E-state index contributed by atoms with van der Waals surface area (Å²) in [4.78, 5) is 39.9. The number of sulfonamides is 1. The Kier molecular flexibility index (Phi) is 9.42. The number of nitrogens with zero attached hydrogens (tertiary/aromatic N) is 2. The van der Waals surface area contributed by atoms with Crippen LogP contribution in [0.4, 0.5) is 10.1 Å². The Bertz CT molecular complexity index is 1230. The van der Waals surface area contributed by atoms with E-state index in [0.717, 1.165) is 42.7 Å². The molecule has 1 N–H and O–H groups in total. The van der Waals surface area contributed by atoms with E-state index in [-0.39, 0.29) is 30.0 Å². The Morgan fingerprint density at radius 3 is 2.30 bits per heavy atom. The lowest BCUT2D eigenvalue weighted by Crippen LogP contribution is -2.53. The zero-order valence-corrected chi connectivity index (χ0v) is 22.3. The minimum Gasteiger partial charge on any atom is -0.352 e. The fraction of sp³-hybridized carbons (Fsp3) is 0.444. The van der Waals surface area contributed by atoms with E-state index in [0.29, 0.717) is 11.1 Å². The van der Waals surface area contributed by atoms with Crippen molar-refractivity contribution >= 4 is 33.3 Å². The quantitative estimate of drug-likeness (QED) is 0.472. The first kappa shape index (κ1) is 28.3. The molecule has 2 aromatic rings. The van der Waals surface area contributed by atoms with E-state index in [1.54, 1.807) is 19.1 Å². The van der Waals surface area contributed by atoms with Gasteiger partial charge in [-0.25, -0.2) is 12.8 Å². The molecule has 0 aliphatic heterocycles. The second-order valence-corrected chi connectivity index (χ2v) is 11.5. The van der Waals surface area contributed by atoms with Gasteiger partial charge in [0.1, 0.15) is 18.4 Å². The molecule has 2 aromatic carbocycles. The van der Waals surface area contributed by atoms with Crippen molar-refractivity contribution in [1.82, 2.24) is 10.2 Å². The van der Waals surface area contributed by atoms with Gasteiger partial charge in [-0.2, -0.15) is 0 Å². The first-order chi connectivity index (χ1) is 17.5. The molecule has 0 radical (unpaired) electrons. The maximum Gasteiger partial charge on any atom is 0.244 e. The molecule has 1 atom stereocenters. The zero-order valence-electron chi connectivity index (χ0n) is 21.4. The van der Waals surface area contributed by atoms with Gasteiger partial charge < -0.3 is 10.2 Å². The first-order valence-corrected chi connectivity index (χ1v) is 14.2.